The molecule has 2 unspecified atom stereocenters. The zero-order chi connectivity index (χ0) is 17.2. The number of rotatable bonds is 4. The predicted octanol–water partition coefficient (Wildman–Crippen LogP) is 0.0611. The van der Waals surface area contributed by atoms with E-state index >= 15 is 0 Å². The molecule has 3 rings (SSSR count). The summed E-state index contributed by atoms with van der Waals surface area (Å²) in [6.45, 7) is 3.86. The molecule has 2 aliphatic heterocycles. The Morgan fingerprint density at radius 1 is 1.46 bits per heavy atom. The second-order valence-electron chi connectivity index (χ2n) is 6.69. The van der Waals surface area contributed by atoms with Gasteiger partial charge in [-0.15, -0.1) is 0 Å². The van der Waals surface area contributed by atoms with E-state index in [1.54, 1.807) is 12.3 Å². The Hall–Kier alpha value is -2.15. The fraction of sp³-hybridized carbons (Fsp3) is 0.588. The number of aryl methyl sites for hydroxylation is 1. The largest absolute Gasteiger partial charge is 0.381 e. The van der Waals surface area contributed by atoms with Crippen LogP contribution in [-0.4, -0.2) is 53.5 Å². The average Bonchev–Trinajstić information content (AvgIpc) is 2.92. The molecule has 2 atom stereocenters. The third-order valence-corrected chi connectivity index (χ3v) is 4.96. The van der Waals surface area contributed by atoms with Crippen molar-refractivity contribution in [3.63, 3.8) is 0 Å². The van der Waals surface area contributed by atoms with Gasteiger partial charge in [0.1, 0.15) is 0 Å². The summed E-state index contributed by atoms with van der Waals surface area (Å²) in [4.78, 5) is 39.6. The fourth-order valence-corrected chi connectivity index (χ4v) is 3.70. The topological polar surface area (TPSA) is 91.5 Å². The van der Waals surface area contributed by atoms with Gasteiger partial charge in [0.2, 0.25) is 17.4 Å². The standard InChI is InChI=1S/C17H23N3O4/c1-12(21)19-17-6-7-24-10-14(17)9-20(11-17)16(23)5-3-13-2-4-15(22)18-8-13/h2,4,8,14H,3,5-7,9-11H2,1H3,(H,18,22)(H,19,21). The second-order valence-corrected chi connectivity index (χ2v) is 6.69. The van der Waals surface area contributed by atoms with Crippen LogP contribution >= 0.6 is 0 Å². The van der Waals surface area contributed by atoms with E-state index in [1.807, 2.05) is 4.90 Å². The first kappa shape index (κ1) is 16.7. The SMILES string of the molecule is CC(=O)NC12CCOCC1CN(C(=O)CCc1ccc(=O)[nH]c1)C2. The van der Waals surface area contributed by atoms with Crippen molar-refractivity contribution in [2.24, 2.45) is 5.92 Å². The number of carbonyl (C=O) groups is 2. The van der Waals surface area contributed by atoms with Crippen molar-refractivity contribution < 1.29 is 14.3 Å². The summed E-state index contributed by atoms with van der Waals surface area (Å²) < 4.78 is 5.54. The van der Waals surface area contributed by atoms with E-state index < -0.39 is 0 Å². The number of aromatic amines is 1. The van der Waals surface area contributed by atoms with Crippen molar-refractivity contribution >= 4 is 11.8 Å². The molecule has 2 fully saturated rings. The van der Waals surface area contributed by atoms with Gasteiger partial charge in [0.15, 0.2) is 0 Å². The molecule has 0 radical (unpaired) electrons. The molecular formula is C17H23N3O4. The van der Waals surface area contributed by atoms with Crippen LogP contribution in [0.15, 0.2) is 23.1 Å². The number of hydrogen-bond acceptors (Lipinski definition) is 4. The molecule has 0 aromatic carbocycles. The minimum Gasteiger partial charge on any atom is -0.381 e. The quantitative estimate of drug-likeness (QED) is 0.815. The lowest BCUT2D eigenvalue weighted by molar-refractivity contribution is -0.131. The molecule has 130 valence electrons. The summed E-state index contributed by atoms with van der Waals surface area (Å²) >= 11 is 0. The van der Waals surface area contributed by atoms with Crippen molar-refractivity contribution in [3.05, 3.63) is 34.2 Å². The van der Waals surface area contributed by atoms with Crippen LogP contribution in [0.2, 0.25) is 0 Å². The maximum absolute atomic E-state index is 12.6. The summed E-state index contributed by atoms with van der Waals surface area (Å²) in [5, 5.41) is 3.07. The average molecular weight is 333 g/mol. The fourth-order valence-electron chi connectivity index (χ4n) is 3.70. The van der Waals surface area contributed by atoms with Crippen molar-refractivity contribution in [2.45, 2.75) is 31.7 Å². The highest BCUT2D eigenvalue weighted by molar-refractivity contribution is 5.78. The molecule has 3 heterocycles. The molecule has 2 saturated heterocycles. The Kier molecular flexibility index (Phi) is 4.71. The first-order valence-electron chi connectivity index (χ1n) is 8.30. The Morgan fingerprint density at radius 3 is 3.00 bits per heavy atom. The van der Waals surface area contributed by atoms with Crippen LogP contribution in [0, 0.1) is 5.92 Å². The number of ether oxygens (including phenoxy) is 1. The Morgan fingerprint density at radius 2 is 2.29 bits per heavy atom. The van der Waals surface area contributed by atoms with Crippen LogP contribution in [0.4, 0.5) is 0 Å². The van der Waals surface area contributed by atoms with Crippen molar-refractivity contribution in [3.8, 4) is 0 Å². The lowest BCUT2D eigenvalue weighted by atomic mass is 9.83. The zero-order valence-electron chi connectivity index (χ0n) is 13.8. The third kappa shape index (κ3) is 3.51. The number of aromatic nitrogens is 1. The summed E-state index contributed by atoms with van der Waals surface area (Å²) in [5.41, 5.74) is 0.433. The van der Waals surface area contributed by atoms with Crippen LogP contribution in [0.1, 0.15) is 25.3 Å². The van der Waals surface area contributed by atoms with Gasteiger partial charge < -0.3 is 19.9 Å². The number of carbonyl (C=O) groups excluding carboxylic acids is 2. The number of hydrogen-bond donors (Lipinski definition) is 2. The van der Waals surface area contributed by atoms with Gasteiger partial charge in [-0.3, -0.25) is 14.4 Å². The number of amides is 2. The van der Waals surface area contributed by atoms with Crippen LogP contribution < -0.4 is 10.9 Å². The van der Waals surface area contributed by atoms with Gasteiger partial charge in [-0.1, -0.05) is 6.07 Å². The molecule has 2 aliphatic rings. The minimum atomic E-state index is -0.349. The van der Waals surface area contributed by atoms with E-state index in [0.717, 1.165) is 12.0 Å². The highest BCUT2D eigenvalue weighted by atomic mass is 16.5. The van der Waals surface area contributed by atoms with Gasteiger partial charge in [0, 0.05) is 51.2 Å². The highest BCUT2D eigenvalue weighted by Gasteiger charge is 2.49. The van der Waals surface area contributed by atoms with E-state index in [4.69, 9.17) is 4.74 Å². The molecule has 2 N–H and O–H groups in total. The van der Waals surface area contributed by atoms with Gasteiger partial charge in [0.25, 0.3) is 0 Å². The van der Waals surface area contributed by atoms with E-state index in [2.05, 4.69) is 10.3 Å². The molecule has 1 aromatic heterocycles. The molecule has 7 heteroatoms. The van der Waals surface area contributed by atoms with Crippen molar-refractivity contribution in [1.82, 2.24) is 15.2 Å². The summed E-state index contributed by atoms with van der Waals surface area (Å²) in [6, 6.07) is 3.20. The first-order chi connectivity index (χ1) is 11.5. The van der Waals surface area contributed by atoms with Gasteiger partial charge in [-0.2, -0.15) is 0 Å². The normalized spacial score (nSPS) is 26.0. The van der Waals surface area contributed by atoms with Gasteiger partial charge in [-0.25, -0.2) is 0 Å². The summed E-state index contributed by atoms with van der Waals surface area (Å²) in [6.07, 6.45) is 3.35. The predicted molar refractivity (Wildman–Crippen MR) is 87.4 cm³/mol. The molecule has 0 saturated carbocycles. The second kappa shape index (κ2) is 6.76. The lowest BCUT2D eigenvalue weighted by Gasteiger charge is -2.38. The van der Waals surface area contributed by atoms with Crippen molar-refractivity contribution in [2.75, 3.05) is 26.3 Å². The Balaban J connectivity index is 1.62. The minimum absolute atomic E-state index is 0.0653. The Bertz CT molecular complexity index is 666. The van der Waals surface area contributed by atoms with Crippen LogP contribution in [0.25, 0.3) is 0 Å². The number of H-pyrrole nitrogens is 1. The third-order valence-electron chi connectivity index (χ3n) is 4.96. The van der Waals surface area contributed by atoms with Crippen LogP contribution in [0.5, 0.6) is 0 Å². The smallest absolute Gasteiger partial charge is 0.247 e. The van der Waals surface area contributed by atoms with Gasteiger partial charge >= 0.3 is 0 Å². The van der Waals surface area contributed by atoms with Gasteiger partial charge in [0.05, 0.1) is 12.1 Å². The molecule has 0 bridgehead atoms. The molecule has 2 amide bonds. The van der Waals surface area contributed by atoms with E-state index in [-0.39, 0.29) is 28.8 Å². The van der Waals surface area contributed by atoms with E-state index in [1.165, 1.54) is 13.0 Å². The van der Waals surface area contributed by atoms with Crippen LogP contribution in [-0.2, 0) is 20.7 Å². The monoisotopic (exact) mass is 333 g/mol. The number of nitrogens with one attached hydrogen (secondary N) is 2. The van der Waals surface area contributed by atoms with Crippen molar-refractivity contribution in [1.29, 1.82) is 0 Å². The molecule has 0 spiro atoms. The summed E-state index contributed by atoms with van der Waals surface area (Å²) in [7, 11) is 0. The van der Waals surface area contributed by atoms with Gasteiger partial charge in [-0.05, 0) is 18.4 Å². The number of likely N-dealkylation sites (tertiary alicyclic amines) is 1. The summed E-state index contributed by atoms with van der Waals surface area (Å²) in [5.74, 6) is 0.150. The van der Waals surface area contributed by atoms with E-state index in [9.17, 15) is 14.4 Å². The maximum Gasteiger partial charge on any atom is 0.247 e. The number of nitrogens with zero attached hydrogens (tertiary/aromatic N) is 1. The molecular weight excluding hydrogens is 310 g/mol. The highest BCUT2D eigenvalue weighted by Crippen LogP contribution is 2.34. The Labute approximate surface area is 140 Å². The first-order valence-corrected chi connectivity index (χ1v) is 8.30. The van der Waals surface area contributed by atoms with Crippen LogP contribution in [0.3, 0.4) is 0 Å². The molecule has 7 nitrogen and oxygen atoms in total. The molecule has 24 heavy (non-hydrogen) atoms. The zero-order valence-corrected chi connectivity index (χ0v) is 13.8. The number of pyridine rings is 1. The maximum atomic E-state index is 12.6. The molecule has 0 aliphatic carbocycles. The molecule has 1 aromatic rings. The number of fused-ring (bicyclic) bond motifs is 1. The van der Waals surface area contributed by atoms with E-state index in [0.29, 0.717) is 39.1 Å². The lowest BCUT2D eigenvalue weighted by Crippen LogP contribution is -2.57.